The molecule has 1 aliphatic heterocycles. The van der Waals surface area contributed by atoms with Crippen molar-refractivity contribution in [2.75, 3.05) is 11.5 Å². The van der Waals surface area contributed by atoms with Crippen LogP contribution in [-0.4, -0.2) is 23.7 Å². The zero-order valence-electron chi connectivity index (χ0n) is 13.5. The van der Waals surface area contributed by atoms with Crippen LogP contribution in [0.1, 0.15) is 25.0 Å². The highest BCUT2D eigenvalue weighted by molar-refractivity contribution is 5.94. The molecular weight excluding hydrogens is 290 g/mol. The highest BCUT2D eigenvalue weighted by atomic mass is 16.5. The number of aromatic nitrogens is 1. The molecule has 3 rings (SSSR count). The summed E-state index contributed by atoms with van der Waals surface area (Å²) in [4.78, 5) is 18.6. The summed E-state index contributed by atoms with van der Waals surface area (Å²) in [5.74, 6) is 0.574. The first kappa shape index (κ1) is 15.3. The normalized spacial score (nSPS) is 16.1. The van der Waals surface area contributed by atoms with E-state index in [0.717, 1.165) is 17.7 Å². The molecule has 0 spiro atoms. The zero-order chi connectivity index (χ0) is 16.2. The molecule has 0 bridgehead atoms. The van der Waals surface area contributed by atoms with Crippen molar-refractivity contribution in [2.45, 2.75) is 32.9 Å². The van der Waals surface area contributed by atoms with Crippen molar-refractivity contribution in [1.29, 1.82) is 0 Å². The fourth-order valence-electron chi connectivity index (χ4n) is 2.96. The van der Waals surface area contributed by atoms with Crippen molar-refractivity contribution in [1.82, 2.24) is 10.3 Å². The van der Waals surface area contributed by atoms with Crippen LogP contribution in [0.2, 0.25) is 0 Å². The number of amides is 2. The molecule has 1 N–H and O–H groups in total. The maximum absolute atomic E-state index is 12.6. The molecule has 5 heteroatoms. The van der Waals surface area contributed by atoms with E-state index in [1.54, 1.807) is 6.20 Å². The molecule has 0 radical (unpaired) electrons. The quantitative estimate of drug-likeness (QED) is 0.944. The Morgan fingerprint density at radius 3 is 3.00 bits per heavy atom. The number of hydrogen-bond donors (Lipinski definition) is 1. The number of nitrogens with one attached hydrogen (secondary N) is 1. The first-order valence-corrected chi connectivity index (χ1v) is 7.92. The number of pyridine rings is 1. The summed E-state index contributed by atoms with van der Waals surface area (Å²) in [5, 5.41) is 2.98. The molecule has 1 aromatic carbocycles. The van der Waals surface area contributed by atoms with Crippen molar-refractivity contribution in [3.05, 3.63) is 53.7 Å². The number of nitrogens with zero attached hydrogens (tertiary/aromatic N) is 2. The second-order valence-corrected chi connectivity index (χ2v) is 5.61. The van der Waals surface area contributed by atoms with E-state index >= 15 is 0 Å². The van der Waals surface area contributed by atoms with Crippen LogP contribution in [0, 0.1) is 0 Å². The fourth-order valence-corrected chi connectivity index (χ4v) is 2.96. The van der Waals surface area contributed by atoms with Gasteiger partial charge in [0.05, 0.1) is 6.61 Å². The highest BCUT2D eigenvalue weighted by Gasteiger charge is 2.30. The number of para-hydroxylation sites is 1. The average Bonchev–Trinajstić information content (AvgIpc) is 2.90. The predicted molar refractivity (Wildman–Crippen MR) is 89.7 cm³/mol. The third-order valence-electron chi connectivity index (χ3n) is 3.99. The molecule has 1 aromatic heterocycles. The second-order valence-electron chi connectivity index (χ2n) is 5.61. The lowest BCUT2D eigenvalue weighted by Crippen LogP contribution is -2.43. The maximum atomic E-state index is 12.6. The van der Waals surface area contributed by atoms with Gasteiger partial charge in [-0.15, -0.1) is 0 Å². The summed E-state index contributed by atoms with van der Waals surface area (Å²) >= 11 is 0. The Kier molecular flexibility index (Phi) is 4.46. The van der Waals surface area contributed by atoms with Crippen LogP contribution in [0.4, 0.5) is 10.5 Å². The van der Waals surface area contributed by atoms with Gasteiger partial charge in [-0.2, -0.15) is 0 Å². The van der Waals surface area contributed by atoms with Gasteiger partial charge < -0.3 is 10.1 Å². The lowest BCUT2D eigenvalue weighted by Gasteiger charge is -2.23. The van der Waals surface area contributed by atoms with Gasteiger partial charge in [0.15, 0.2) is 0 Å². The largest absolute Gasteiger partial charge is 0.478 e. The average molecular weight is 311 g/mol. The van der Waals surface area contributed by atoms with Crippen LogP contribution < -0.4 is 15.0 Å². The van der Waals surface area contributed by atoms with Gasteiger partial charge >= 0.3 is 6.03 Å². The molecule has 23 heavy (non-hydrogen) atoms. The van der Waals surface area contributed by atoms with E-state index < -0.39 is 0 Å². The molecule has 1 unspecified atom stereocenters. The van der Waals surface area contributed by atoms with Crippen LogP contribution in [0.15, 0.2) is 42.6 Å². The SMILES string of the molecule is CCOc1ncccc1CNC(=O)N1c2ccccc2CC1C. The molecule has 2 amide bonds. The first-order valence-electron chi connectivity index (χ1n) is 7.92. The summed E-state index contributed by atoms with van der Waals surface area (Å²) < 4.78 is 5.50. The number of fused-ring (bicyclic) bond motifs is 1. The molecular formula is C18H21N3O2. The molecule has 2 aromatic rings. The van der Waals surface area contributed by atoms with E-state index in [2.05, 4.69) is 23.3 Å². The van der Waals surface area contributed by atoms with Gasteiger partial charge in [0.2, 0.25) is 5.88 Å². The summed E-state index contributed by atoms with van der Waals surface area (Å²) in [5.41, 5.74) is 3.09. The minimum atomic E-state index is -0.0891. The van der Waals surface area contributed by atoms with E-state index in [1.165, 1.54) is 5.56 Å². The fraction of sp³-hybridized carbons (Fsp3) is 0.333. The Balaban J connectivity index is 1.71. The van der Waals surface area contributed by atoms with Crippen molar-refractivity contribution in [3.63, 3.8) is 0 Å². The smallest absolute Gasteiger partial charge is 0.322 e. The minimum Gasteiger partial charge on any atom is -0.478 e. The van der Waals surface area contributed by atoms with Crippen LogP contribution in [0.5, 0.6) is 5.88 Å². The van der Waals surface area contributed by atoms with E-state index in [9.17, 15) is 4.79 Å². The summed E-state index contributed by atoms with van der Waals surface area (Å²) in [6.07, 6.45) is 2.58. The third-order valence-corrected chi connectivity index (χ3v) is 3.99. The monoisotopic (exact) mass is 311 g/mol. The molecule has 0 saturated carbocycles. The van der Waals surface area contributed by atoms with Gasteiger partial charge in [0.25, 0.3) is 0 Å². The Morgan fingerprint density at radius 2 is 2.17 bits per heavy atom. The number of benzene rings is 1. The predicted octanol–water partition coefficient (Wildman–Crippen LogP) is 3.14. The number of carbonyl (C=O) groups excluding carboxylic acids is 1. The van der Waals surface area contributed by atoms with Crippen molar-refractivity contribution in [2.24, 2.45) is 0 Å². The van der Waals surface area contributed by atoms with E-state index in [1.807, 2.05) is 42.2 Å². The summed E-state index contributed by atoms with van der Waals surface area (Å²) in [7, 11) is 0. The van der Waals surface area contributed by atoms with Gasteiger partial charge in [0, 0.05) is 30.0 Å². The van der Waals surface area contributed by atoms with Crippen molar-refractivity contribution in [3.8, 4) is 5.88 Å². The van der Waals surface area contributed by atoms with Crippen LogP contribution in [0.25, 0.3) is 0 Å². The van der Waals surface area contributed by atoms with Gasteiger partial charge in [0.1, 0.15) is 0 Å². The van der Waals surface area contributed by atoms with Crippen molar-refractivity contribution < 1.29 is 9.53 Å². The molecule has 1 atom stereocenters. The molecule has 0 fully saturated rings. The molecule has 0 saturated heterocycles. The lowest BCUT2D eigenvalue weighted by molar-refractivity contribution is 0.244. The Morgan fingerprint density at radius 1 is 1.35 bits per heavy atom. The maximum Gasteiger partial charge on any atom is 0.322 e. The molecule has 5 nitrogen and oxygen atoms in total. The number of hydrogen-bond acceptors (Lipinski definition) is 3. The minimum absolute atomic E-state index is 0.0891. The van der Waals surface area contributed by atoms with Crippen LogP contribution >= 0.6 is 0 Å². The topological polar surface area (TPSA) is 54.5 Å². The van der Waals surface area contributed by atoms with Crippen LogP contribution in [-0.2, 0) is 13.0 Å². The second kappa shape index (κ2) is 6.69. The Labute approximate surface area is 136 Å². The third kappa shape index (κ3) is 3.13. The Bertz CT molecular complexity index is 702. The standard InChI is InChI=1S/C18H21N3O2/c1-3-23-17-15(8-6-10-19-17)12-20-18(22)21-13(2)11-14-7-4-5-9-16(14)21/h4-10,13H,3,11-12H2,1-2H3,(H,20,22). The van der Waals surface area contributed by atoms with E-state index in [-0.39, 0.29) is 12.1 Å². The Hall–Kier alpha value is -2.56. The van der Waals surface area contributed by atoms with Gasteiger partial charge in [-0.3, -0.25) is 4.90 Å². The van der Waals surface area contributed by atoms with E-state index in [4.69, 9.17) is 4.74 Å². The molecule has 1 aliphatic rings. The highest BCUT2D eigenvalue weighted by Crippen LogP contribution is 2.31. The lowest BCUT2D eigenvalue weighted by atomic mass is 10.1. The number of urea groups is 1. The van der Waals surface area contributed by atoms with E-state index in [0.29, 0.717) is 19.0 Å². The first-order chi connectivity index (χ1) is 11.2. The number of rotatable bonds is 4. The molecule has 120 valence electrons. The van der Waals surface area contributed by atoms with Crippen LogP contribution in [0.3, 0.4) is 0 Å². The summed E-state index contributed by atoms with van der Waals surface area (Å²) in [6, 6.07) is 11.9. The van der Waals surface area contributed by atoms with Gasteiger partial charge in [-0.1, -0.05) is 24.3 Å². The summed E-state index contributed by atoms with van der Waals surface area (Å²) in [6.45, 7) is 4.93. The van der Waals surface area contributed by atoms with Crippen molar-refractivity contribution >= 4 is 11.7 Å². The molecule has 2 heterocycles. The van der Waals surface area contributed by atoms with Gasteiger partial charge in [-0.25, -0.2) is 9.78 Å². The number of carbonyl (C=O) groups is 1. The zero-order valence-corrected chi connectivity index (χ0v) is 13.5. The van der Waals surface area contributed by atoms with Gasteiger partial charge in [-0.05, 0) is 38.0 Å². The molecule has 0 aliphatic carbocycles. The number of ether oxygens (including phenoxy) is 1. The number of anilines is 1.